The van der Waals surface area contributed by atoms with Crippen LogP contribution in [-0.2, 0) is 19.1 Å². The van der Waals surface area contributed by atoms with Gasteiger partial charge in [-0.1, -0.05) is 29.8 Å². The second kappa shape index (κ2) is 11.6. The van der Waals surface area contributed by atoms with Crippen molar-refractivity contribution in [3.05, 3.63) is 47.0 Å². The van der Waals surface area contributed by atoms with Crippen molar-refractivity contribution in [2.45, 2.75) is 71.1 Å². The third-order valence-corrected chi connectivity index (χ3v) is 6.13. The van der Waals surface area contributed by atoms with Crippen molar-refractivity contribution in [3.63, 3.8) is 0 Å². The van der Waals surface area contributed by atoms with Gasteiger partial charge in [0.1, 0.15) is 6.04 Å². The maximum Gasteiger partial charge on any atom is 0.247 e. The normalized spacial score (nSPS) is 16.6. The summed E-state index contributed by atoms with van der Waals surface area (Å²) in [6.07, 6.45) is 3.21. The summed E-state index contributed by atoms with van der Waals surface area (Å²) >= 11 is 1.32. The number of amides is 3. The highest BCUT2D eigenvalue weighted by molar-refractivity contribution is 7.13. The molecule has 1 aliphatic rings. The predicted molar refractivity (Wildman–Crippen MR) is 132 cm³/mol. The summed E-state index contributed by atoms with van der Waals surface area (Å²) < 4.78 is 5.80. The van der Waals surface area contributed by atoms with Crippen molar-refractivity contribution in [2.24, 2.45) is 0 Å². The van der Waals surface area contributed by atoms with Gasteiger partial charge in [-0.25, -0.2) is 4.98 Å². The predicted octanol–water partition coefficient (Wildman–Crippen LogP) is 3.83. The molecule has 0 unspecified atom stereocenters. The Labute approximate surface area is 205 Å². The topological polar surface area (TPSA) is 101 Å². The maximum absolute atomic E-state index is 13.5. The van der Waals surface area contributed by atoms with E-state index in [1.165, 1.54) is 11.3 Å². The highest BCUT2D eigenvalue weighted by Gasteiger charge is 2.35. The molecular formula is C25H34N4O4S. The van der Waals surface area contributed by atoms with Gasteiger partial charge in [0.15, 0.2) is 5.13 Å². The SMILES string of the molecule is Cc1ccc([C@H](C(=O)NC(C)(C)C)N(C[C@H]2CCCO2)C(=O)CCC(=O)Nc2nccs2)cc1. The zero-order valence-corrected chi connectivity index (χ0v) is 21.1. The average Bonchev–Trinajstić information content (AvgIpc) is 3.46. The van der Waals surface area contributed by atoms with Crippen LogP contribution in [0.3, 0.4) is 0 Å². The van der Waals surface area contributed by atoms with Crippen molar-refractivity contribution in [1.29, 1.82) is 0 Å². The number of rotatable bonds is 9. The summed E-state index contributed by atoms with van der Waals surface area (Å²) in [4.78, 5) is 45.0. The standard InChI is InChI=1S/C25H34N4O4S/c1-17-7-9-18(10-8-17)22(23(32)28-25(2,3)4)29(16-19-6-5-14-33-19)21(31)12-11-20(30)27-24-26-13-15-34-24/h7-10,13,15,19,22H,5-6,11-12,14,16H2,1-4H3,(H,28,32)(H,26,27,30)/t19-,22-/m1/s1. The van der Waals surface area contributed by atoms with Gasteiger partial charge < -0.3 is 20.3 Å². The lowest BCUT2D eigenvalue weighted by atomic mass is 9.99. The van der Waals surface area contributed by atoms with Gasteiger partial charge in [0.2, 0.25) is 17.7 Å². The van der Waals surface area contributed by atoms with Crippen LogP contribution in [0.2, 0.25) is 0 Å². The van der Waals surface area contributed by atoms with Gasteiger partial charge in [-0.3, -0.25) is 14.4 Å². The van der Waals surface area contributed by atoms with Crippen LogP contribution in [0.25, 0.3) is 0 Å². The molecule has 2 aromatic rings. The minimum atomic E-state index is -0.821. The molecule has 8 nitrogen and oxygen atoms in total. The lowest BCUT2D eigenvalue weighted by molar-refractivity contribution is -0.143. The molecule has 1 saturated heterocycles. The number of aromatic nitrogens is 1. The molecule has 3 amide bonds. The van der Waals surface area contributed by atoms with E-state index in [0.717, 1.165) is 24.0 Å². The molecule has 2 atom stereocenters. The Morgan fingerprint density at radius 3 is 2.53 bits per heavy atom. The lowest BCUT2D eigenvalue weighted by Crippen LogP contribution is -2.50. The maximum atomic E-state index is 13.5. The molecule has 0 bridgehead atoms. The number of nitrogens with one attached hydrogen (secondary N) is 2. The van der Waals surface area contributed by atoms with E-state index in [1.54, 1.807) is 16.5 Å². The van der Waals surface area contributed by atoms with Gasteiger partial charge in [-0.15, -0.1) is 11.3 Å². The first-order valence-corrected chi connectivity index (χ1v) is 12.5. The van der Waals surface area contributed by atoms with Crippen LogP contribution in [0, 0.1) is 6.92 Å². The van der Waals surface area contributed by atoms with E-state index in [-0.39, 0.29) is 36.7 Å². The number of ether oxygens (including phenoxy) is 1. The molecule has 1 aliphatic heterocycles. The molecule has 1 aromatic carbocycles. The number of benzene rings is 1. The summed E-state index contributed by atoms with van der Waals surface area (Å²) in [5, 5.41) is 8.00. The molecule has 2 N–H and O–H groups in total. The Kier molecular flexibility index (Phi) is 8.79. The Bertz CT molecular complexity index is 964. The highest BCUT2D eigenvalue weighted by atomic mass is 32.1. The number of anilines is 1. The molecule has 0 aliphatic carbocycles. The molecule has 1 fully saturated rings. The molecule has 1 aromatic heterocycles. The second-order valence-electron chi connectivity index (χ2n) is 9.62. The number of hydrogen-bond acceptors (Lipinski definition) is 6. The van der Waals surface area contributed by atoms with Crippen molar-refractivity contribution in [3.8, 4) is 0 Å². The monoisotopic (exact) mass is 486 g/mol. The smallest absolute Gasteiger partial charge is 0.247 e. The Morgan fingerprint density at radius 1 is 1.21 bits per heavy atom. The van der Waals surface area contributed by atoms with E-state index < -0.39 is 11.6 Å². The lowest BCUT2D eigenvalue weighted by Gasteiger charge is -2.35. The van der Waals surface area contributed by atoms with E-state index in [1.807, 2.05) is 52.0 Å². The average molecular weight is 487 g/mol. The minimum Gasteiger partial charge on any atom is -0.376 e. The third kappa shape index (κ3) is 7.63. The van der Waals surface area contributed by atoms with Gasteiger partial charge in [-0.05, 0) is 46.1 Å². The number of hydrogen-bond donors (Lipinski definition) is 2. The fourth-order valence-electron chi connectivity index (χ4n) is 3.85. The first kappa shape index (κ1) is 25.8. The zero-order valence-electron chi connectivity index (χ0n) is 20.3. The largest absolute Gasteiger partial charge is 0.376 e. The van der Waals surface area contributed by atoms with Crippen LogP contribution in [0.5, 0.6) is 0 Å². The molecule has 0 radical (unpaired) electrons. The van der Waals surface area contributed by atoms with Gasteiger partial charge in [0.05, 0.1) is 6.10 Å². The van der Waals surface area contributed by atoms with E-state index in [2.05, 4.69) is 15.6 Å². The highest BCUT2D eigenvalue weighted by Crippen LogP contribution is 2.27. The van der Waals surface area contributed by atoms with Crippen molar-refractivity contribution >= 4 is 34.2 Å². The quantitative estimate of drug-likeness (QED) is 0.561. The summed E-state index contributed by atoms with van der Waals surface area (Å²) in [5.41, 5.74) is 1.33. The number of aryl methyl sites for hydroxylation is 1. The first-order valence-electron chi connectivity index (χ1n) is 11.6. The van der Waals surface area contributed by atoms with E-state index in [9.17, 15) is 14.4 Å². The number of carbonyl (C=O) groups excluding carboxylic acids is 3. The summed E-state index contributed by atoms with van der Waals surface area (Å²) in [7, 11) is 0. The van der Waals surface area contributed by atoms with Gasteiger partial charge in [-0.2, -0.15) is 0 Å². The fraction of sp³-hybridized carbons (Fsp3) is 0.520. The number of carbonyl (C=O) groups is 3. The number of nitrogens with zero attached hydrogens (tertiary/aromatic N) is 2. The van der Waals surface area contributed by atoms with Crippen LogP contribution < -0.4 is 10.6 Å². The van der Waals surface area contributed by atoms with Gasteiger partial charge in [0, 0.05) is 43.1 Å². The molecule has 184 valence electrons. The van der Waals surface area contributed by atoms with Crippen LogP contribution in [0.15, 0.2) is 35.8 Å². The molecule has 9 heteroatoms. The molecule has 2 heterocycles. The first-order chi connectivity index (χ1) is 16.1. The van der Waals surface area contributed by atoms with Crippen molar-refractivity contribution in [1.82, 2.24) is 15.2 Å². The third-order valence-electron chi connectivity index (χ3n) is 5.44. The summed E-state index contributed by atoms with van der Waals surface area (Å²) in [5.74, 6) is -0.805. The molecule has 0 saturated carbocycles. The van der Waals surface area contributed by atoms with Crippen molar-refractivity contribution in [2.75, 3.05) is 18.5 Å². The van der Waals surface area contributed by atoms with E-state index >= 15 is 0 Å². The minimum absolute atomic E-state index is 0.00193. The summed E-state index contributed by atoms with van der Waals surface area (Å²) in [6, 6.07) is 6.81. The molecular weight excluding hydrogens is 452 g/mol. The zero-order chi connectivity index (χ0) is 24.7. The molecule has 0 spiro atoms. The number of thiazole rings is 1. The Hall–Kier alpha value is -2.78. The van der Waals surface area contributed by atoms with Crippen LogP contribution in [-0.4, -0.2) is 52.4 Å². The Morgan fingerprint density at radius 2 is 1.94 bits per heavy atom. The summed E-state index contributed by atoms with van der Waals surface area (Å²) in [6.45, 7) is 8.64. The van der Waals surface area contributed by atoms with Crippen LogP contribution in [0.4, 0.5) is 5.13 Å². The van der Waals surface area contributed by atoms with E-state index in [4.69, 9.17) is 4.74 Å². The van der Waals surface area contributed by atoms with Crippen LogP contribution in [0.1, 0.15) is 63.6 Å². The molecule has 3 rings (SSSR count). The van der Waals surface area contributed by atoms with Gasteiger partial charge in [0.25, 0.3) is 0 Å². The second-order valence-corrected chi connectivity index (χ2v) is 10.5. The van der Waals surface area contributed by atoms with Gasteiger partial charge >= 0.3 is 0 Å². The van der Waals surface area contributed by atoms with Crippen LogP contribution >= 0.6 is 11.3 Å². The Balaban J connectivity index is 1.83. The van der Waals surface area contributed by atoms with E-state index in [0.29, 0.717) is 18.3 Å². The fourth-order valence-corrected chi connectivity index (χ4v) is 4.39. The van der Waals surface area contributed by atoms with Crippen molar-refractivity contribution < 1.29 is 19.1 Å². The molecule has 34 heavy (non-hydrogen) atoms.